The van der Waals surface area contributed by atoms with Crippen LogP contribution in [0.15, 0.2) is 42.5 Å². The third-order valence-electron chi connectivity index (χ3n) is 4.57. The average Bonchev–Trinajstić information content (AvgIpc) is 2.89. The summed E-state index contributed by atoms with van der Waals surface area (Å²) >= 11 is -2.77. The first-order valence-corrected chi connectivity index (χ1v) is 20.2. The number of halogens is 2. The molecule has 2 aliphatic carbocycles. The second kappa shape index (κ2) is 6.41. The largest absolute Gasteiger partial charge is 0.147 e. The fourth-order valence-corrected chi connectivity index (χ4v) is 13.7. The predicted octanol–water partition coefficient (Wildman–Crippen LogP) is 5.27. The van der Waals surface area contributed by atoms with Crippen molar-refractivity contribution in [1.82, 2.24) is 0 Å². The molecule has 0 spiro atoms. The molecule has 20 heavy (non-hydrogen) atoms. The van der Waals surface area contributed by atoms with Gasteiger partial charge in [-0.25, -0.2) is 0 Å². The van der Waals surface area contributed by atoms with E-state index in [-0.39, 0.29) is 24.8 Å². The number of hydrogen-bond acceptors (Lipinski definition) is 0. The summed E-state index contributed by atoms with van der Waals surface area (Å²) in [4.78, 5) is 0. The molecule has 0 aromatic carbocycles. The minimum Gasteiger partial charge on any atom is -0.147 e. The Morgan fingerprint density at radius 3 is 2.05 bits per heavy atom. The molecule has 0 unspecified atom stereocenters. The van der Waals surface area contributed by atoms with Crippen LogP contribution >= 0.6 is 24.8 Å². The number of rotatable bonds is 2. The van der Waals surface area contributed by atoms with E-state index >= 15 is 0 Å². The van der Waals surface area contributed by atoms with E-state index in [4.69, 9.17) is 0 Å². The maximum Gasteiger partial charge on any atom is -0.147 e. The quantitative estimate of drug-likeness (QED) is 0.544. The van der Waals surface area contributed by atoms with Gasteiger partial charge in [-0.05, 0) is 0 Å². The molecule has 0 aromatic rings. The molecule has 0 aromatic heterocycles. The molecule has 0 N–H and O–H groups in total. The van der Waals surface area contributed by atoms with Gasteiger partial charge in [0.2, 0.25) is 0 Å². The monoisotopic (exact) mass is 408 g/mol. The molecule has 0 radical (unpaired) electrons. The van der Waals surface area contributed by atoms with Gasteiger partial charge >= 0.3 is 115 Å². The Balaban J connectivity index is 0.00000180. The first-order valence-electron chi connectivity index (χ1n) is 6.95. The third-order valence-corrected chi connectivity index (χ3v) is 21.8. The molecular weight excluding hydrogens is 382 g/mol. The zero-order valence-electron chi connectivity index (χ0n) is 13.3. The molecule has 114 valence electrons. The van der Waals surface area contributed by atoms with Crippen LogP contribution in [0.5, 0.6) is 0 Å². The van der Waals surface area contributed by atoms with Gasteiger partial charge in [-0.15, -0.1) is 24.8 Å². The smallest absolute Gasteiger partial charge is 0.147 e. The summed E-state index contributed by atoms with van der Waals surface area (Å²) < 4.78 is 8.73. The number of allylic oxidation sites excluding steroid dienone is 8. The molecule has 0 saturated carbocycles. The van der Waals surface area contributed by atoms with Gasteiger partial charge in [0, 0.05) is 0 Å². The Morgan fingerprint density at radius 1 is 1.05 bits per heavy atom. The van der Waals surface area contributed by atoms with E-state index in [0.29, 0.717) is 5.41 Å². The maximum absolute atomic E-state index is 2.77. The third kappa shape index (κ3) is 3.88. The Morgan fingerprint density at radius 2 is 1.65 bits per heavy atom. The maximum atomic E-state index is 2.60. The van der Waals surface area contributed by atoms with E-state index in [9.17, 15) is 0 Å². The van der Waals surface area contributed by atoms with Crippen molar-refractivity contribution in [2.45, 2.75) is 42.9 Å². The molecule has 2 aliphatic rings. The van der Waals surface area contributed by atoms with Crippen molar-refractivity contribution in [2.75, 3.05) is 0 Å². The van der Waals surface area contributed by atoms with Gasteiger partial charge in [-0.3, -0.25) is 0 Å². The standard InChI is InChI=1S/C9H13.C5H5.2CH3.2ClH.H2Si.Zr/c1-9(2,3)8-6-4-5-7-8;1-2-4-5-3-1;;;;;;/h6-7H,4H2,1-3H3;1-3H,4H2;2*1H3;2*1H;1H2;. The van der Waals surface area contributed by atoms with Crippen LogP contribution in [-0.4, -0.2) is 6.88 Å². The molecule has 0 nitrogen and oxygen atoms in total. The average molecular weight is 411 g/mol. The molecule has 0 fully saturated rings. The molecule has 0 bridgehead atoms. The van der Waals surface area contributed by atoms with Crippen LogP contribution in [0.4, 0.5) is 0 Å². The summed E-state index contributed by atoms with van der Waals surface area (Å²) in [5.41, 5.74) is 1.84. The van der Waals surface area contributed by atoms with E-state index in [2.05, 4.69) is 67.3 Å². The van der Waals surface area contributed by atoms with Crippen molar-refractivity contribution in [3.05, 3.63) is 42.5 Å². The van der Waals surface area contributed by atoms with Gasteiger partial charge < -0.3 is 0 Å². The zero-order chi connectivity index (χ0) is 13.6. The SMILES string of the molecule is CC(C)(C)C1=CC[C]([Zr]([CH3])([CH3])(=[SiH2])[C]2=CC=CC2)=C1.Cl.Cl. The van der Waals surface area contributed by atoms with Crippen LogP contribution in [-0.2, 0) is 17.4 Å². The van der Waals surface area contributed by atoms with Crippen LogP contribution in [0.25, 0.3) is 0 Å². The molecular formula is C16H28Cl2SiZr. The number of hydrogen-bond donors (Lipinski definition) is 0. The van der Waals surface area contributed by atoms with Crippen LogP contribution in [0.3, 0.4) is 0 Å². The van der Waals surface area contributed by atoms with Gasteiger partial charge in [0.1, 0.15) is 0 Å². The fraction of sp³-hybridized carbons (Fsp3) is 0.500. The Kier molecular flexibility index (Phi) is 6.61. The zero-order valence-corrected chi connectivity index (χ0v) is 18.8. The Hall–Kier alpha value is 0.640. The first-order chi connectivity index (χ1) is 8.10. The van der Waals surface area contributed by atoms with E-state index < -0.39 is 17.4 Å². The topological polar surface area (TPSA) is 0 Å². The summed E-state index contributed by atoms with van der Waals surface area (Å²) in [5.74, 6) is 0. The van der Waals surface area contributed by atoms with Crippen molar-refractivity contribution in [1.29, 1.82) is 0 Å². The second-order valence-corrected chi connectivity index (χ2v) is 36.7. The van der Waals surface area contributed by atoms with E-state index in [1.807, 2.05) is 0 Å². The first kappa shape index (κ1) is 20.6. The van der Waals surface area contributed by atoms with Crippen molar-refractivity contribution in [2.24, 2.45) is 5.41 Å². The molecule has 0 atom stereocenters. The van der Waals surface area contributed by atoms with Crippen molar-refractivity contribution < 1.29 is 17.4 Å². The fourth-order valence-electron chi connectivity index (χ4n) is 2.85. The summed E-state index contributed by atoms with van der Waals surface area (Å²) in [6, 6.07) is 0. The van der Waals surface area contributed by atoms with Crippen LogP contribution < -0.4 is 0 Å². The van der Waals surface area contributed by atoms with E-state index in [0.717, 1.165) is 0 Å². The van der Waals surface area contributed by atoms with Crippen molar-refractivity contribution in [3.8, 4) is 0 Å². The molecule has 0 amide bonds. The van der Waals surface area contributed by atoms with E-state index in [1.165, 1.54) is 12.8 Å². The summed E-state index contributed by atoms with van der Waals surface area (Å²) in [6.45, 7) is 9.31. The minimum absolute atomic E-state index is 0. The molecule has 2 rings (SSSR count). The van der Waals surface area contributed by atoms with Gasteiger partial charge in [0.15, 0.2) is 0 Å². The van der Waals surface area contributed by atoms with Crippen molar-refractivity contribution in [3.63, 3.8) is 0 Å². The van der Waals surface area contributed by atoms with Gasteiger partial charge in [0.25, 0.3) is 0 Å². The Labute approximate surface area is 139 Å². The molecule has 0 aliphatic heterocycles. The van der Waals surface area contributed by atoms with Crippen LogP contribution in [0.1, 0.15) is 33.6 Å². The van der Waals surface area contributed by atoms with E-state index in [1.54, 1.807) is 12.1 Å². The minimum atomic E-state index is -2.77. The summed E-state index contributed by atoms with van der Waals surface area (Å²) in [6.07, 6.45) is 14.4. The molecule has 0 heterocycles. The summed E-state index contributed by atoms with van der Waals surface area (Å²) in [7, 11) is 0. The normalized spacial score (nSPS) is 18.8. The van der Waals surface area contributed by atoms with Crippen molar-refractivity contribution >= 4 is 31.7 Å². The second-order valence-electron chi connectivity index (χ2n) is 7.79. The molecule has 4 heteroatoms. The van der Waals surface area contributed by atoms with Gasteiger partial charge in [-0.1, -0.05) is 0 Å². The molecule has 0 saturated heterocycles. The predicted molar refractivity (Wildman–Crippen MR) is 96.8 cm³/mol. The summed E-state index contributed by atoms with van der Waals surface area (Å²) in [5, 5.41) is 0. The van der Waals surface area contributed by atoms with Crippen LogP contribution in [0.2, 0.25) is 9.26 Å². The van der Waals surface area contributed by atoms with Crippen LogP contribution in [0, 0.1) is 5.41 Å². The van der Waals surface area contributed by atoms with Gasteiger partial charge in [-0.2, -0.15) is 0 Å². The van der Waals surface area contributed by atoms with Gasteiger partial charge in [0.05, 0.1) is 0 Å². The Bertz CT molecular complexity index is 566.